The van der Waals surface area contributed by atoms with E-state index in [0.29, 0.717) is 26.7 Å². The first-order chi connectivity index (χ1) is 20.0. The number of hydrogen-bond donors (Lipinski definition) is 0. The number of methoxy groups -OCH3 is 1. The molecule has 3 aromatic heterocycles. The lowest BCUT2D eigenvalue weighted by Crippen LogP contribution is -2.47. The smallest absolute Gasteiger partial charge is 0.332 e. The van der Waals surface area contributed by atoms with Crippen LogP contribution in [0.2, 0.25) is 0 Å². The van der Waals surface area contributed by atoms with Crippen LogP contribution in [0.15, 0.2) is 40.2 Å². The van der Waals surface area contributed by atoms with Crippen LogP contribution in [0.5, 0.6) is 5.75 Å². The van der Waals surface area contributed by atoms with Gasteiger partial charge in [0.1, 0.15) is 33.5 Å². The van der Waals surface area contributed by atoms with Crippen molar-refractivity contribution in [2.24, 2.45) is 0 Å². The third kappa shape index (κ3) is 5.70. The van der Waals surface area contributed by atoms with E-state index in [9.17, 15) is 18.8 Å². The number of rotatable bonds is 11. The lowest BCUT2D eigenvalue weighted by molar-refractivity contribution is -0.134. The van der Waals surface area contributed by atoms with Gasteiger partial charge in [0, 0.05) is 24.2 Å². The summed E-state index contributed by atoms with van der Waals surface area (Å²) in [5.41, 5.74) is -0.516. The summed E-state index contributed by atoms with van der Waals surface area (Å²) >= 11 is 1.13. The second-order valence-electron chi connectivity index (χ2n) is 9.97. The molecule has 1 aromatic carbocycles. The molecule has 222 valence electrons. The molecule has 2 atom stereocenters. The molecular weight excluding hydrogens is 565 g/mol. The van der Waals surface area contributed by atoms with Gasteiger partial charge in [-0.3, -0.25) is 14.2 Å². The van der Waals surface area contributed by atoms with E-state index in [1.54, 1.807) is 14.0 Å². The van der Waals surface area contributed by atoms with E-state index in [2.05, 4.69) is 10.2 Å². The zero-order valence-corrected chi connectivity index (χ0v) is 25.0. The van der Waals surface area contributed by atoms with Gasteiger partial charge in [0.15, 0.2) is 0 Å². The maximum atomic E-state index is 14.4. The summed E-state index contributed by atoms with van der Waals surface area (Å²) in [5, 5.41) is 18.2. The molecule has 0 aliphatic carbocycles. The number of hydrogen-bond acceptors (Lipinski definition) is 9. The molecule has 0 saturated heterocycles. The van der Waals surface area contributed by atoms with Gasteiger partial charge in [-0.05, 0) is 45.9 Å². The number of thiophene rings is 1. The largest absolute Gasteiger partial charge is 0.496 e. The Morgan fingerprint density at radius 2 is 1.90 bits per heavy atom. The van der Waals surface area contributed by atoms with Crippen LogP contribution < -0.4 is 16.0 Å². The van der Waals surface area contributed by atoms with E-state index in [1.807, 2.05) is 19.9 Å². The molecule has 42 heavy (non-hydrogen) atoms. The molecule has 3 heterocycles. The van der Waals surface area contributed by atoms with Gasteiger partial charge in [-0.1, -0.05) is 11.3 Å². The first-order valence-corrected chi connectivity index (χ1v) is 14.1. The minimum atomic E-state index is -1.12. The molecule has 4 aromatic rings. The van der Waals surface area contributed by atoms with Crippen molar-refractivity contribution in [3.63, 3.8) is 0 Å². The third-order valence-electron chi connectivity index (χ3n) is 7.11. The van der Waals surface area contributed by atoms with Crippen LogP contribution in [0, 0.1) is 24.1 Å². The number of carbonyl (C=O) groups is 1. The van der Waals surface area contributed by atoms with Gasteiger partial charge >= 0.3 is 5.69 Å². The quantitative estimate of drug-likeness (QED) is 0.240. The average Bonchev–Trinajstić information content (AvgIpc) is 3.61. The third-order valence-corrected chi connectivity index (χ3v) is 8.39. The highest BCUT2D eigenvalue weighted by atomic mass is 32.1. The standard InChI is InChI=1S/C28H32FN7O5S/c1-16(2)33(5)24(37)18(4)35-25(38)23-17(3)26(36-31-11-12-32-36)42-27(23)34(28(35)39)15-22(41-13-7-10-30)20-14-19(29)8-9-21(20)40-6/h8-9,11-12,14,16,18,22H,7,13,15H2,1-6H3/t18-,22+/m1/s1. The number of halogens is 1. The highest BCUT2D eigenvalue weighted by molar-refractivity contribution is 7.21. The molecule has 0 bridgehead atoms. The summed E-state index contributed by atoms with van der Waals surface area (Å²) in [6.45, 7) is 6.72. The van der Waals surface area contributed by atoms with E-state index in [4.69, 9.17) is 14.7 Å². The highest BCUT2D eigenvalue weighted by Gasteiger charge is 2.30. The Kier molecular flexibility index (Phi) is 9.23. The van der Waals surface area contributed by atoms with E-state index in [0.717, 1.165) is 15.9 Å². The fourth-order valence-corrected chi connectivity index (χ4v) is 5.86. The van der Waals surface area contributed by atoms with Crippen LogP contribution in [0.25, 0.3) is 15.2 Å². The molecule has 0 spiro atoms. The molecule has 1 amide bonds. The van der Waals surface area contributed by atoms with E-state index in [1.165, 1.54) is 58.9 Å². The molecule has 0 aliphatic heterocycles. The Labute approximate surface area is 245 Å². The highest BCUT2D eigenvalue weighted by Crippen LogP contribution is 2.34. The molecule has 0 radical (unpaired) electrons. The minimum absolute atomic E-state index is 0.00162. The van der Waals surface area contributed by atoms with Gasteiger partial charge in [-0.15, -0.1) is 4.80 Å². The number of carbonyl (C=O) groups excluding carboxylic acids is 1. The van der Waals surface area contributed by atoms with Crippen molar-refractivity contribution in [3.8, 4) is 16.8 Å². The van der Waals surface area contributed by atoms with E-state index < -0.39 is 35.1 Å². The lowest BCUT2D eigenvalue weighted by atomic mass is 10.1. The lowest BCUT2D eigenvalue weighted by Gasteiger charge is -2.27. The Hall–Kier alpha value is -4.35. The van der Waals surface area contributed by atoms with Gasteiger partial charge in [0.2, 0.25) is 5.91 Å². The Morgan fingerprint density at radius 1 is 1.21 bits per heavy atom. The topological polar surface area (TPSA) is 137 Å². The summed E-state index contributed by atoms with van der Waals surface area (Å²) in [7, 11) is 3.04. The van der Waals surface area contributed by atoms with Gasteiger partial charge in [0.25, 0.3) is 5.56 Å². The monoisotopic (exact) mass is 597 g/mol. The predicted octanol–water partition coefficient (Wildman–Crippen LogP) is 3.36. The number of amides is 1. The Morgan fingerprint density at radius 3 is 2.52 bits per heavy atom. The molecule has 0 saturated carbocycles. The van der Waals surface area contributed by atoms with Gasteiger partial charge in [-0.2, -0.15) is 15.5 Å². The van der Waals surface area contributed by atoms with Crippen molar-refractivity contribution in [2.45, 2.75) is 58.8 Å². The second-order valence-corrected chi connectivity index (χ2v) is 10.9. The number of nitriles is 1. The number of aryl methyl sites for hydroxylation is 1. The summed E-state index contributed by atoms with van der Waals surface area (Å²) in [4.78, 5) is 44.6. The zero-order valence-electron chi connectivity index (χ0n) is 24.2. The van der Waals surface area contributed by atoms with Crippen LogP contribution in [0.1, 0.15) is 50.5 Å². The summed E-state index contributed by atoms with van der Waals surface area (Å²) in [6, 6.07) is 4.65. The maximum Gasteiger partial charge on any atom is 0.332 e. The van der Waals surface area contributed by atoms with Gasteiger partial charge in [0.05, 0.1) is 50.5 Å². The second kappa shape index (κ2) is 12.7. The van der Waals surface area contributed by atoms with Crippen LogP contribution in [-0.2, 0) is 16.1 Å². The first-order valence-electron chi connectivity index (χ1n) is 13.3. The van der Waals surface area contributed by atoms with Gasteiger partial charge in [-0.25, -0.2) is 13.8 Å². The Bertz CT molecular complexity index is 1750. The van der Waals surface area contributed by atoms with Crippen molar-refractivity contribution in [2.75, 3.05) is 20.8 Å². The number of aromatic nitrogens is 5. The normalized spacial score (nSPS) is 12.8. The van der Waals surface area contributed by atoms with Crippen LogP contribution in [0.4, 0.5) is 4.39 Å². The average molecular weight is 598 g/mol. The van der Waals surface area contributed by atoms with Crippen molar-refractivity contribution in [1.29, 1.82) is 5.26 Å². The first kappa shape index (κ1) is 30.6. The SMILES string of the molecule is COc1ccc(F)cc1[C@H](Cn1c(=O)n([C@H](C)C(=O)N(C)C(C)C)c(=O)c2c(C)c(-n3nccn3)sc21)OCCC#N. The zero-order chi connectivity index (χ0) is 30.7. The molecule has 4 rings (SSSR count). The van der Waals surface area contributed by atoms with Crippen LogP contribution in [0.3, 0.4) is 0 Å². The van der Waals surface area contributed by atoms with Gasteiger partial charge < -0.3 is 14.4 Å². The fraction of sp³-hybridized carbons (Fsp3) is 0.429. The fourth-order valence-electron chi connectivity index (χ4n) is 4.64. The van der Waals surface area contributed by atoms with Crippen molar-refractivity contribution in [1.82, 2.24) is 29.0 Å². The van der Waals surface area contributed by atoms with Crippen molar-refractivity contribution >= 4 is 27.5 Å². The summed E-state index contributed by atoms with van der Waals surface area (Å²) < 4.78 is 28.2. The molecule has 0 fully saturated rings. The number of ether oxygens (including phenoxy) is 2. The molecule has 0 unspecified atom stereocenters. The van der Waals surface area contributed by atoms with E-state index >= 15 is 0 Å². The Balaban J connectivity index is 2.00. The summed E-state index contributed by atoms with van der Waals surface area (Å²) in [5.74, 6) is -0.635. The molecule has 0 aliphatic rings. The van der Waals surface area contributed by atoms with Crippen molar-refractivity contribution in [3.05, 3.63) is 68.4 Å². The molecule has 12 nitrogen and oxygen atoms in total. The molecular formula is C28H32FN7O5S. The number of benzene rings is 1. The number of likely N-dealkylation sites (N-methyl/N-ethyl adjacent to an activating group) is 1. The summed E-state index contributed by atoms with van der Waals surface area (Å²) in [6.07, 6.45) is 2.09. The van der Waals surface area contributed by atoms with Crippen LogP contribution in [-0.4, -0.2) is 61.7 Å². The molecule has 14 heteroatoms. The minimum Gasteiger partial charge on any atom is -0.496 e. The maximum absolute atomic E-state index is 14.4. The van der Waals surface area contributed by atoms with Crippen LogP contribution >= 0.6 is 11.3 Å². The molecule has 0 N–H and O–H groups in total. The number of fused-ring (bicyclic) bond motifs is 1. The van der Waals surface area contributed by atoms with E-state index in [-0.39, 0.29) is 31.0 Å². The number of nitrogens with zero attached hydrogens (tertiary/aromatic N) is 7. The predicted molar refractivity (Wildman–Crippen MR) is 154 cm³/mol. The van der Waals surface area contributed by atoms with Crippen molar-refractivity contribution < 1.29 is 18.7 Å².